The fourth-order valence-corrected chi connectivity index (χ4v) is 4.97. The van der Waals surface area contributed by atoms with Crippen LogP contribution in [0.5, 0.6) is 11.5 Å². The molecule has 0 aliphatic carbocycles. The Morgan fingerprint density at radius 3 is 2.35 bits per heavy atom. The molecule has 226 valence electrons. The summed E-state index contributed by atoms with van der Waals surface area (Å²) >= 11 is 7.05. The number of carbonyl (C=O) groups excluding carboxylic acids is 2. The Bertz CT molecular complexity index is 1640. The molecule has 0 aliphatic heterocycles. The predicted octanol–water partition coefficient (Wildman–Crippen LogP) is 6.23. The number of amides is 2. The lowest BCUT2D eigenvalue weighted by atomic mass is 10.1. The molecule has 0 spiro atoms. The Hall–Kier alpha value is -4.23. The van der Waals surface area contributed by atoms with Gasteiger partial charge in [0, 0.05) is 11.6 Å². The summed E-state index contributed by atoms with van der Waals surface area (Å²) < 4.78 is 51.6. The number of aryl methyl sites for hydroxylation is 1. The molecular formula is C29H27ClF3N5O4S. The van der Waals surface area contributed by atoms with Crippen molar-refractivity contribution in [2.75, 3.05) is 25.3 Å². The molecule has 0 bridgehead atoms. The average Bonchev–Trinajstić information content (AvgIpc) is 3.38. The molecule has 9 nitrogen and oxygen atoms in total. The first kappa shape index (κ1) is 31.7. The maximum Gasteiger partial charge on any atom is 0.416 e. The molecule has 4 rings (SSSR count). The van der Waals surface area contributed by atoms with Gasteiger partial charge in [0.2, 0.25) is 5.91 Å². The highest BCUT2D eigenvalue weighted by Crippen LogP contribution is 2.34. The number of halogens is 4. The Morgan fingerprint density at radius 1 is 1.00 bits per heavy atom. The smallest absolute Gasteiger partial charge is 0.416 e. The Kier molecular flexibility index (Phi) is 9.87. The highest BCUT2D eigenvalue weighted by atomic mass is 35.5. The van der Waals surface area contributed by atoms with Crippen LogP contribution in [-0.4, -0.2) is 46.6 Å². The Morgan fingerprint density at radius 2 is 1.70 bits per heavy atom. The van der Waals surface area contributed by atoms with Crippen LogP contribution in [0.2, 0.25) is 5.02 Å². The van der Waals surface area contributed by atoms with Crippen molar-refractivity contribution in [2.45, 2.75) is 31.7 Å². The number of carbonyl (C=O) groups is 2. The highest BCUT2D eigenvalue weighted by Gasteiger charge is 2.31. The summed E-state index contributed by atoms with van der Waals surface area (Å²) in [4.78, 5) is 25.8. The first-order valence-electron chi connectivity index (χ1n) is 12.7. The van der Waals surface area contributed by atoms with Crippen LogP contribution < -0.4 is 20.1 Å². The third-order valence-corrected chi connectivity index (χ3v) is 7.70. The van der Waals surface area contributed by atoms with E-state index >= 15 is 0 Å². The molecule has 43 heavy (non-hydrogen) atoms. The van der Waals surface area contributed by atoms with Gasteiger partial charge in [-0.15, -0.1) is 10.2 Å². The highest BCUT2D eigenvalue weighted by molar-refractivity contribution is 7.99. The molecule has 2 amide bonds. The lowest BCUT2D eigenvalue weighted by molar-refractivity contribution is -0.137. The molecule has 0 radical (unpaired) electrons. The molecule has 1 aromatic heterocycles. The Labute approximate surface area is 254 Å². The van der Waals surface area contributed by atoms with E-state index in [0.29, 0.717) is 28.0 Å². The molecule has 14 heteroatoms. The van der Waals surface area contributed by atoms with E-state index in [1.54, 1.807) is 22.8 Å². The zero-order valence-corrected chi connectivity index (χ0v) is 25.1. The minimum absolute atomic E-state index is 0.00859. The van der Waals surface area contributed by atoms with E-state index in [9.17, 15) is 22.8 Å². The summed E-state index contributed by atoms with van der Waals surface area (Å²) in [6, 6.07) is 13.1. The Balaban J connectivity index is 1.56. The summed E-state index contributed by atoms with van der Waals surface area (Å²) in [5, 5.41) is 14.1. The number of alkyl halides is 3. The largest absolute Gasteiger partial charge is 0.497 e. The number of anilines is 1. The molecule has 0 aliphatic rings. The van der Waals surface area contributed by atoms with Crippen LogP contribution in [-0.2, 0) is 17.5 Å². The number of thioether (sulfide) groups is 1. The number of nitrogens with one attached hydrogen (secondary N) is 2. The van der Waals surface area contributed by atoms with Crippen LogP contribution in [0.1, 0.15) is 32.9 Å². The first-order valence-corrected chi connectivity index (χ1v) is 14.1. The third kappa shape index (κ3) is 7.59. The van der Waals surface area contributed by atoms with Gasteiger partial charge in [0.1, 0.15) is 11.5 Å². The van der Waals surface area contributed by atoms with Crippen molar-refractivity contribution in [1.82, 2.24) is 20.1 Å². The van der Waals surface area contributed by atoms with Gasteiger partial charge in [-0.1, -0.05) is 35.5 Å². The van der Waals surface area contributed by atoms with Gasteiger partial charge in [-0.25, -0.2) is 0 Å². The summed E-state index contributed by atoms with van der Waals surface area (Å²) in [7, 11) is 2.97. The number of hydrogen-bond acceptors (Lipinski definition) is 7. The van der Waals surface area contributed by atoms with Crippen molar-refractivity contribution in [3.63, 3.8) is 0 Å². The lowest BCUT2D eigenvalue weighted by Gasteiger charge is -2.15. The average molecular weight is 634 g/mol. The van der Waals surface area contributed by atoms with Gasteiger partial charge in [-0.2, -0.15) is 13.2 Å². The van der Waals surface area contributed by atoms with Crippen LogP contribution in [0.25, 0.3) is 5.69 Å². The van der Waals surface area contributed by atoms with Crippen molar-refractivity contribution < 1.29 is 32.2 Å². The minimum Gasteiger partial charge on any atom is -0.497 e. The lowest BCUT2D eigenvalue weighted by Crippen LogP contribution is -2.25. The maximum atomic E-state index is 13.1. The van der Waals surface area contributed by atoms with Crippen molar-refractivity contribution in [3.8, 4) is 17.2 Å². The zero-order chi connectivity index (χ0) is 31.3. The van der Waals surface area contributed by atoms with Crippen LogP contribution >= 0.6 is 23.4 Å². The second kappa shape index (κ2) is 13.4. The quantitative estimate of drug-likeness (QED) is 0.199. The number of hydrogen-bond donors (Lipinski definition) is 2. The predicted molar refractivity (Wildman–Crippen MR) is 157 cm³/mol. The van der Waals surface area contributed by atoms with Crippen molar-refractivity contribution in [2.24, 2.45) is 0 Å². The molecule has 0 saturated carbocycles. The standard InChI is InChI=1S/C29H27ClF3N5O4S/c1-16-6-5-7-24(17(16)2)38-25(14-34-27(40)18-10-20(41-3)13-21(11-18)42-4)36-37-28(38)43-15-26(39)35-23-12-19(29(31,32)33)8-9-22(23)30/h5-13H,14-15H2,1-4H3,(H,34,40)(H,35,39). The second-order valence-corrected chi connectivity index (χ2v) is 10.6. The van der Waals surface area contributed by atoms with E-state index in [4.69, 9.17) is 21.1 Å². The fourth-order valence-electron chi connectivity index (χ4n) is 4.04. The molecule has 0 atom stereocenters. The van der Waals surface area contributed by atoms with Gasteiger partial charge in [-0.3, -0.25) is 14.2 Å². The molecule has 0 fully saturated rings. The van der Waals surface area contributed by atoms with Gasteiger partial charge >= 0.3 is 6.18 Å². The SMILES string of the molecule is COc1cc(OC)cc(C(=O)NCc2nnc(SCC(=O)Nc3cc(C(F)(F)F)ccc3Cl)n2-c2cccc(C)c2C)c1. The number of benzene rings is 3. The van der Waals surface area contributed by atoms with Crippen LogP contribution in [0.4, 0.5) is 18.9 Å². The maximum absolute atomic E-state index is 13.1. The number of aromatic nitrogens is 3. The summed E-state index contributed by atoms with van der Waals surface area (Å²) in [5.74, 6) is 0.0902. The minimum atomic E-state index is -4.59. The summed E-state index contributed by atoms with van der Waals surface area (Å²) in [6.07, 6.45) is -4.59. The van der Waals surface area contributed by atoms with Gasteiger partial charge < -0.3 is 20.1 Å². The van der Waals surface area contributed by atoms with Gasteiger partial charge in [-0.05, 0) is 61.4 Å². The summed E-state index contributed by atoms with van der Waals surface area (Å²) in [6.45, 7) is 3.86. The topological polar surface area (TPSA) is 107 Å². The van der Waals surface area contributed by atoms with Gasteiger partial charge in [0.05, 0.1) is 48.5 Å². The van der Waals surface area contributed by atoms with Crippen molar-refractivity contribution in [1.29, 1.82) is 0 Å². The molecule has 4 aromatic rings. The van der Waals surface area contributed by atoms with E-state index in [1.807, 2.05) is 32.0 Å². The van der Waals surface area contributed by atoms with E-state index < -0.39 is 23.6 Å². The molecule has 3 aromatic carbocycles. The zero-order valence-electron chi connectivity index (χ0n) is 23.5. The van der Waals surface area contributed by atoms with Crippen LogP contribution in [0.3, 0.4) is 0 Å². The molecule has 0 unspecified atom stereocenters. The monoisotopic (exact) mass is 633 g/mol. The molecular weight excluding hydrogens is 607 g/mol. The normalized spacial score (nSPS) is 11.3. The van der Waals surface area contributed by atoms with E-state index in [0.717, 1.165) is 46.8 Å². The third-order valence-electron chi connectivity index (χ3n) is 6.44. The first-order chi connectivity index (χ1) is 20.4. The number of nitrogens with zero attached hydrogens (tertiary/aromatic N) is 3. The van der Waals surface area contributed by atoms with E-state index in [-0.39, 0.29) is 23.0 Å². The molecule has 1 heterocycles. The number of methoxy groups -OCH3 is 2. The van der Waals surface area contributed by atoms with E-state index in [2.05, 4.69) is 20.8 Å². The second-order valence-electron chi connectivity index (χ2n) is 9.27. The van der Waals surface area contributed by atoms with Crippen LogP contribution in [0, 0.1) is 13.8 Å². The fraction of sp³-hybridized carbons (Fsp3) is 0.241. The number of ether oxygens (including phenoxy) is 2. The van der Waals surface area contributed by atoms with Crippen molar-refractivity contribution >= 4 is 40.9 Å². The molecule has 0 saturated heterocycles. The van der Waals surface area contributed by atoms with E-state index in [1.165, 1.54) is 14.2 Å². The van der Waals surface area contributed by atoms with Crippen LogP contribution in [0.15, 0.2) is 59.8 Å². The molecule has 2 N–H and O–H groups in total. The van der Waals surface area contributed by atoms with Crippen molar-refractivity contribution in [3.05, 3.63) is 87.7 Å². The number of rotatable bonds is 10. The van der Waals surface area contributed by atoms with Gasteiger partial charge in [0.15, 0.2) is 11.0 Å². The summed E-state index contributed by atoms with van der Waals surface area (Å²) in [5.41, 5.74) is 1.88. The van der Waals surface area contributed by atoms with Gasteiger partial charge in [0.25, 0.3) is 5.91 Å².